The molecule has 1 aromatic heterocycles. The molecule has 0 radical (unpaired) electrons. The topological polar surface area (TPSA) is 52.8 Å². The number of hydrogen-bond donors (Lipinski definition) is 0. The van der Waals surface area contributed by atoms with Gasteiger partial charge in [-0.25, -0.2) is 4.98 Å². The fraction of sp³-hybridized carbons (Fsp3) is 0.700. The van der Waals surface area contributed by atoms with Crippen LogP contribution in [0.15, 0.2) is 0 Å². The number of hydrogen-bond acceptors (Lipinski definition) is 5. The molecule has 0 aromatic carbocycles. The minimum absolute atomic E-state index is 0.0152. The molecule has 1 rings (SSSR count). The summed E-state index contributed by atoms with van der Waals surface area (Å²) in [4.78, 5) is 6.40. The highest BCUT2D eigenvalue weighted by Gasteiger charge is 2.12. The lowest BCUT2D eigenvalue weighted by Gasteiger charge is -2.15. The zero-order valence-corrected chi connectivity index (χ0v) is 10.4. The van der Waals surface area contributed by atoms with Gasteiger partial charge in [0.15, 0.2) is 0 Å². The van der Waals surface area contributed by atoms with Crippen molar-refractivity contribution in [3.05, 3.63) is 5.82 Å². The number of aromatic nitrogens is 2. The molecule has 5 heteroatoms. The molecule has 4 nitrogen and oxygen atoms in total. The van der Waals surface area contributed by atoms with Crippen LogP contribution in [0.4, 0.5) is 5.13 Å². The monoisotopic (exact) mass is 224 g/mol. The normalized spacial score (nSPS) is 12.5. The van der Waals surface area contributed by atoms with Gasteiger partial charge in [0.1, 0.15) is 5.82 Å². The van der Waals surface area contributed by atoms with Crippen LogP contribution in [-0.4, -0.2) is 22.9 Å². The lowest BCUT2D eigenvalue weighted by atomic mass is 10.2. The Morgan fingerprint density at radius 3 is 2.60 bits per heavy atom. The SMILES string of the molecule is CC(C#N)CN(C)c1nc(C(C)C)ns1. The Bertz CT molecular complexity index is 353. The zero-order valence-electron chi connectivity index (χ0n) is 9.56. The summed E-state index contributed by atoms with van der Waals surface area (Å²) in [5.74, 6) is 1.25. The van der Waals surface area contributed by atoms with Crippen LogP contribution >= 0.6 is 11.5 Å². The number of anilines is 1. The third kappa shape index (κ3) is 3.17. The first-order valence-corrected chi connectivity index (χ1v) is 5.76. The molecule has 15 heavy (non-hydrogen) atoms. The van der Waals surface area contributed by atoms with E-state index in [4.69, 9.17) is 5.26 Å². The van der Waals surface area contributed by atoms with E-state index in [9.17, 15) is 0 Å². The first kappa shape index (κ1) is 11.9. The second kappa shape index (κ2) is 5.08. The Balaban J connectivity index is 2.66. The molecule has 82 valence electrons. The summed E-state index contributed by atoms with van der Waals surface area (Å²) in [6.45, 7) is 6.75. The van der Waals surface area contributed by atoms with E-state index in [0.29, 0.717) is 12.5 Å². The first-order valence-electron chi connectivity index (χ1n) is 4.99. The third-order valence-corrected chi connectivity index (χ3v) is 2.89. The van der Waals surface area contributed by atoms with Gasteiger partial charge in [0.05, 0.1) is 12.0 Å². The molecular weight excluding hydrogens is 208 g/mol. The van der Waals surface area contributed by atoms with Gasteiger partial charge in [-0.15, -0.1) is 0 Å². The summed E-state index contributed by atoms with van der Waals surface area (Å²) in [5.41, 5.74) is 0. The molecule has 1 atom stereocenters. The van der Waals surface area contributed by atoms with Gasteiger partial charge >= 0.3 is 0 Å². The van der Waals surface area contributed by atoms with Gasteiger partial charge in [-0.2, -0.15) is 9.64 Å². The number of nitriles is 1. The van der Waals surface area contributed by atoms with Crippen molar-refractivity contribution in [1.29, 1.82) is 5.26 Å². The molecule has 0 aliphatic heterocycles. The van der Waals surface area contributed by atoms with Crippen LogP contribution in [0.3, 0.4) is 0 Å². The van der Waals surface area contributed by atoms with E-state index in [0.717, 1.165) is 11.0 Å². The Hall–Kier alpha value is -1.15. The minimum atomic E-state index is 0.0152. The maximum Gasteiger partial charge on any atom is 0.204 e. The first-order chi connectivity index (χ1) is 7.04. The number of nitrogens with zero attached hydrogens (tertiary/aromatic N) is 4. The summed E-state index contributed by atoms with van der Waals surface area (Å²) in [5, 5.41) is 9.60. The van der Waals surface area contributed by atoms with Crippen LogP contribution in [0.25, 0.3) is 0 Å². The standard InChI is InChI=1S/C10H16N4S/c1-7(2)9-12-10(15-13-9)14(4)6-8(3)5-11/h7-8H,6H2,1-4H3. The molecule has 1 aromatic rings. The molecule has 1 heterocycles. The van der Waals surface area contributed by atoms with Gasteiger partial charge in [-0.05, 0) is 6.92 Å². The van der Waals surface area contributed by atoms with E-state index in [1.54, 1.807) is 0 Å². The molecule has 0 bridgehead atoms. The summed E-state index contributed by atoms with van der Waals surface area (Å²) in [6.07, 6.45) is 0. The Kier molecular flexibility index (Phi) is 4.04. The largest absolute Gasteiger partial charge is 0.349 e. The summed E-state index contributed by atoms with van der Waals surface area (Å²) >= 11 is 1.39. The maximum absolute atomic E-state index is 8.71. The van der Waals surface area contributed by atoms with Crippen LogP contribution < -0.4 is 4.90 Å². The van der Waals surface area contributed by atoms with Gasteiger partial charge in [0.2, 0.25) is 5.13 Å². The van der Waals surface area contributed by atoms with Gasteiger partial charge in [-0.3, -0.25) is 0 Å². The Morgan fingerprint density at radius 1 is 1.47 bits per heavy atom. The van der Waals surface area contributed by atoms with Gasteiger partial charge < -0.3 is 4.90 Å². The third-order valence-electron chi connectivity index (χ3n) is 2.04. The average Bonchev–Trinajstić information content (AvgIpc) is 2.66. The highest BCUT2D eigenvalue weighted by atomic mass is 32.1. The predicted octanol–water partition coefficient (Wildman–Crippen LogP) is 2.26. The van der Waals surface area contributed by atoms with Crippen LogP contribution in [0.2, 0.25) is 0 Å². The van der Waals surface area contributed by atoms with Crippen LogP contribution in [0.5, 0.6) is 0 Å². The van der Waals surface area contributed by atoms with E-state index in [1.807, 2.05) is 18.9 Å². The Labute approximate surface area is 94.7 Å². The quantitative estimate of drug-likeness (QED) is 0.787. The van der Waals surface area contributed by atoms with Crippen molar-refractivity contribution in [2.45, 2.75) is 26.7 Å². The van der Waals surface area contributed by atoms with Gasteiger partial charge in [-0.1, -0.05) is 13.8 Å². The van der Waals surface area contributed by atoms with E-state index in [-0.39, 0.29) is 5.92 Å². The van der Waals surface area contributed by atoms with Crippen LogP contribution in [0, 0.1) is 17.2 Å². The van der Waals surface area contributed by atoms with E-state index < -0.39 is 0 Å². The highest BCUT2D eigenvalue weighted by Crippen LogP contribution is 2.20. The molecule has 1 unspecified atom stereocenters. The zero-order chi connectivity index (χ0) is 11.4. The molecule has 0 aliphatic carbocycles. The highest BCUT2D eigenvalue weighted by molar-refractivity contribution is 7.09. The smallest absolute Gasteiger partial charge is 0.204 e. The maximum atomic E-state index is 8.71. The van der Waals surface area contributed by atoms with E-state index in [1.165, 1.54) is 11.5 Å². The fourth-order valence-corrected chi connectivity index (χ4v) is 1.92. The van der Waals surface area contributed by atoms with Crippen LogP contribution in [0.1, 0.15) is 32.5 Å². The second-order valence-electron chi connectivity index (χ2n) is 4.00. The van der Waals surface area contributed by atoms with E-state index >= 15 is 0 Å². The van der Waals surface area contributed by atoms with Crippen molar-refractivity contribution in [2.24, 2.45) is 5.92 Å². The van der Waals surface area contributed by atoms with E-state index in [2.05, 4.69) is 29.3 Å². The predicted molar refractivity (Wildman–Crippen MR) is 62.0 cm³/mol. The van der Waals surface area contributed by atoms with Crippen molar-refractivity contribution in [1.82, 2.24) is 9.36 Å². The molecule has 0 aliphatic rings. The fourth-order valence-electron chi connectivity index (χ4n) is 1.15. The lowest BCUT2D eigenvalue weighted by Crippen LogP contribution is -2.23. The van der Waals surface area contributed by atoms with Crippen molar-refractivity contribution in [2.75, 3.05) is 18.5 Å². The van der Waals surface area contributed by atoms with Crippen molar-refractivity contribution >= 4 is 16.7 Å². The second-order valence-corrected chi connectivity index (χ2v) is 4.73. The van der Waals surface area contributed by atoms with Crippen LogP contribution in [-0.2, 0) is 0 Å². The molecular formula is C10H16N4S. The number of rotatable bonds is 4. The Morgan fingerprint density at radius 2 is 2.13 bits per heavy atom. The van der Waals surface area contributed by atoms with Crippen molar-refractivity contribution in [3.63, 3.8) is 0 Å². The minimum Gasteiger partial charge on any atom is -0.349 e. The summed E-state index contributed by atoms with van der Waals surface area (Å²) in [7, 11) is 1.94. The molecule has 0 amide bonds. The average molecular weight is 224 g/mol. The molecule has 0 fully saturated rings. The molecule has 0 spiro atoms. The lowest BCUT2D eigenvalue weighted by molar-refractivity contribution is 0.711. The molecule has 0 saturated carbocycles. The summed E-state index contributed by atoms with van der Waals surface area (Å²) < 4.78 is 4.28. The van der Waals surface area contributed by atoms with Gasteiger partial charge in [0, 0.05) is 31.0 Å². The molecule has 0 N–H and O–H groups in total. The van der Waals surface area contributed by atoms with Crippen molar-refractivity contribution < 1.29 is 0 Å². The van der Waals surface area contributed by atoms with Gasteiger partial charge in [0.25, 0.3) is 0 Å². The summed E-state index contributed by atoms with van der Waals surface area (Å²) in [6, 6.07) is 2.21. The van der Waals surface area contributed by atoms with Crippen molar-refractivity contribution in [3.8, 4) is 6.07 Å². The molecule has 0 saturated heterocycles.